The van der Waals surface area contributed by atoms with Gasteiger partial charge in [0, 0.05) is 6.20 Å². The zero-order chi connectivity index (χ0) is 7.72. The van der Waals surface area contributed by atoms with Crippen LogP contribution < -0.4 is 0 Å². The second-order valence-electron chi connectivity index (χ2n) is 1.52. The monoisotopic (exact) mass is 291 g/mol. The lowest BCUT2D eigenvalue weighted by atomic mass is 10.5. The summed E-state index contributed by atoms with van der Waals surface area (Å²) in [6.07, 6.45) is 1.23. The molecule has 0 amide bonds. The fourth-order valence-electron chi connectivity index (χ4n) is 0.422. The molecule has 5 heteroatoms. The number of hydrogen-bond donors (Lipinski definition) is 0. The van der Waals surface area contributed by atoms with Gasteiger partial charge in [0.05, 0.1) is 8.59 Å². The summed E-state index contributed by atoms with van der Waals surface area (Å²) in [6.45, 7) is 0. The average molecular weight is 292 g/mol. The summed E-state index contributed by atoms with van der Waals surface area (Å²) in [5, 5.41) is 0.347. The molecule has 1 rings (SSSR count). The molecule has 0 aromatic carbocycles. The van der Waals surface area contributed by atoms with Gasteiger partial charge in [-0.3, -0.25) is 0 Å². The predicted octanol–water partition coefficient (Wildman–Crippen LogP) is 3.13. The molecule has 0 atom stereocenters. The van der Waals surface area contributed by atoms with Crippen LogP contribution in [0.2, 0.25) is 10.0 Å². The maximum Gasteiger partial charge on any atom is 0.232 e. The Balaban J connectivity index is 3.34. The number of rotatable bonds is 0. The van der Waals surface area contributed by atoms with Crippen LogP contribution in [0.15, 0.2) is 6.20 Å². The first kappa shape index (κ1) is 8.49. The van der Waals surface area contributed by atoms with Crippen LogP contribution in [0, 0.1) is 9.52 Å². The molecule has 0 fully saturated rings. The Morgan fingerprint density at radius 1 is 1.50 bits per heavy atom. The molecule has 0 aliphatic rings. The fraction of sp³-hybridized carbons (Fsp3) is 0. The van der Waals surface area contributed by atoms with Gasteiger partial charge in [0.2, 0.25) is 5.95 Å². The van der Waals surface area contributed by atoms with Gasteiger partial charge < -0.3 is 0 Å². The van der Waals surface area contributed by atoms with Crippen molar-refractivity contribution in [1.82, 2.24) is 4.98 Å². The maximum absolute atomic E-state index is 12.5. The molecule has 1 nitrogen and oxygen atoms in total. The average Bonchev–Trinajstić information content (AvgIpc) is 1.93. The van der Waals surface area contributed by atoms with Gasteiger partial charge in [0.1, 0.15) is 5.02 Å². The summed E-state index contributed by atoms with van der Waals surface area (Å²) in [5.74, 6) is -0.685. The molecule has 1 aromatic heterocycles. The largest absolute Gasteiger partial charge is 0.232 e. The standard InChI is InChI=1S/C5HCl2FIN/c6-2-1-10-5(8)3(7)4(2)9/h1H. The molecule has 0 spiro atoms. The Morgan fingerprint density at radius 3 is 2.60 bits per heavy atom. The molecule has 10 heavy (non-hydrogen) atoms. The summed E-state index contributed by atoms with van der Waals surface area (Å²) < 4.78 is 12.9. The van der Waals surface area contributed by atoms with Gasteiger partial charge in [0.15, 0.2) is 0 Å². The van der Waals surface area contributed by atoms with Crippen LogP contribution in [0.25, 0.3) is 0 Å². The quantitative estimate of drug-likeness (QED) is 0.529. The molecule has 1 aromatic rings. The lowest BCUT2D eigenvalue weighted by Gasteiger charge is -1.97. The SMILES string of the molecule is Fc1ncc(Cl)c(I)c1Cl. The fourth-order valence-corrected chi connectivity index (χ4v) is 1.13. The van der Waals surface area contributed by atoms with Crippen molar-refractivity contribution in [2.45, 2.75) is 0 Å². The van der Waals surface area contributed by atoms with Crippen molar-refractivity contribution < 1.29 is 4.39 Å². The van der Waals surface area contributed by atoms with Crippen molar-refractivity contribution in [3.63, 3.8) is 0 Å². The third-order valence-electron chi connectivity index (χ3n) is 0.875. The van der Waals surface area contributed by atoms with Crippen LogP contribution in [0.5, 0.6) is 0 Å². The maximum atomic E-state index is 12.5. The van der Waals surface area contributed by atoms with Crippen molar-refractivity contribution in [3.8, 4) is 0 Å². The van der Waals surface area contributed by atoms with E-state index in [1.807, 2.05) is 22.6 Å². The van der Waals surface area contributed by atoms with Crippen molar-refractivity contribution in [1.29, 1.82) is 0 Å². The van der Waals surface area contributed by atoms with E-state index >= 15 is 0 Å². The van der Waals surface area contributed by atoms with E-state index in [0.29, 0.717) is 8.59 Å². The van der Waals surface area contributed by atoms with Crippen LogP contribution in [-0.2, 0) is 0 Å². The molecule has 0 saturated carbocycles. The Labute approximate surface area is 80.7 Å². The lowest BCUT2D eigenvalue weighted by Crippen LogP contribution is -1.87. The first-order valence-electron chi connectivity index (χ1n) is 2.28. The number of nitrogens with zero attached hydrogens (tertiary/aromatic N) is 1. The van der Waals surface area contributed by atoms with E-state index in [0.717, 1.165) is 0 Å². The van der Waals surface area contributed by atoms with E-state index in [-0.39, 0.29) is 5.02 Å². The Bertz CT molecular complexity index is 239. The van der Waals surface area contributed by atoms with Gasteiger partial charge in [-0.15, -0.1) is 0 Å². The summed E-state index contributed by atoms with van der Waals surface area (Å²) in [7, 11) is 0. The highest BCUT2D eigenvalue weighted by molar-refractivity contribution is 14.1. The van der Waals surface area contributed by atoms with Crippen LogP contribution in [0.4, 0.5) is 4.39 Å². The van der Waals surface area contributed by atoms with Crippen molar-refractivity contribution in [2.75, 3.05) is 0 Å². The minimum absolute atomic E-state index is 0.0203. The Morgan fingerprint density at radius 2 is 2.10 bits per heavy atom. The Kier molecular flexibility index (Phi) is 2.71. The van der Waals surface area contributed by atoms with E-state index in [1.54, 1.807) is 0 Å². The summed E-state index contributed by atoms with van der Waals surface area (Å²) >= 11 is 12.9. The van der Waals surface area contributed by atoms with Crippen LogP contribution >= 0.6 is 45.8 Å². The Hall–Kier alpha value is 0.390. The third-order valence-corrected chi connectivity index (χ3v) is 3.26. The normalized spacial score (nSPS) is 10.0. The first-order valence-corrected chi connectivity index (χ1v) is 4.11. The van der Waals surface area contributed by atoms with E-state index in [4.69, 9.17) is 23.2 Å². The number of hydrogen-bond acceptors (Lipinski definition) is 1. The van der Waals surface area contributed by atoms with E-state index < -0.39 is 5.95 Å². The number of pyridine rings is 1. The van der Waals surface area contributed by atoms with Gasteiger partial charge in [-0.2, -0.15) is 4.39 Å². The molecule has 0 aliphatic carbocycles. The smallest absolute Gasteiger partial charge is 0.225 e. The molecule has 0 saturated heterocycles. The molecule has 0 radical (unpaired) electrons. The number of halogens is 4. The van der Waals surface area contributed by atoms with E-state index in [2.05, 4.69) is 4.98 Å². The van der Waals surface area contributed by atoms with Gasteiger partial charge in [-0.25, -0.2) is 4.98 Å². The summed E-state index contributed by atoms with van der Waals surface area (Å²) in [6, 6.07) is 0. The first-order chi connectivity index (χ1) is 4.63. The molecular weight excluding hydrogens is 291 g/mol. The molecule has 0 aliphatic heterocycles. The molecular formula is C5HCl2FIN. The highest BCUT2D eigenvalue weighted by Crippen LogP contribution is 2.26. The van der Waals surface area contributed by atoms with Gasteiger partial charge in [-0.05, 0) is 22.6 Å². The van der Waals surface area contributed by atoms with Gasteiger partial charge in [-0.1, -0.05) is 23.2 Å². The second kappa shape index (κ2) is 3.19. The van der Waals surface area contributed by atoms with Gasteiger partial charge in [0.25, 0.3) is 0 Å². The highest BCUT2D eigenvalue weighted by Gasteiger charge is 2.07. The van der Waals surface area contributed by atoms with Crippen LogP contribution in [-0.4, -0.2) is 4.98 Å². The molecule has 1 heterocycles. The van der Waals surface area contributed by atoms with Crippen molar-refractivity contribution >= 4 is 45.8 Å². The number of aromatic nitrogens is 1. The summed E-state index contributed by atoms with van der Waals surface area (Å²) in [4.78, 5) is 3.30. The molecule has 54 valence electrons. The van der Waals surface area contributed by atoms with Crippen molar-refractivity contribution in [2.24, 2.45) is 0 Å². The topological polar surface area (TPSA) is 12.9 Å². The molecule has 0 bridgehead atoms. The zero-order valence-corrected chi connectivity index (χ0v) is 8.21. The molecule has 0 N–H and O–H groups in total. The lowest BCUT2D eigenvalue weighted by molar-refractivity contribution is 0.583. The minimum Gasteiger partial charge on any atom is -0.225 e. The highest BCUT2D eigenvalue weighted by atomic mass is 127. The predicted molar refractivity (Wildman–Crippen MR) is 46.9 cm³/mol. The van der Waals surface area contributed by atoms with Crippen LogP contribution in [0.3, 0.4) is 0 Å². The minimum atomic E-state index is -0.685. The van der Waals surface area contributed by atoms with Crippen LogP contribution in [0.1, 0.15) is 0 Å². The van der Waals surface area contributed by atoms with E-state index in [1.165, 1.54) is 6.20 Å². The molecule has 0 unspecified atom stereocenters. The van der Waals surface area contributed by atoms with Crippen molar-refractivity contribution in [3.05, 3.63) is 25.8 Å². The zero-order valence-electron chi connectivity index (χ0n) is 4.54. The summed E-state index contributed by atoms with van der Waals surface area (Å²) in [5.41, 5.74) is 0. The van der Waals surface area contributed by atoms with E-state index in [9.17, 15) is 4.39 Å². The van der Waals surface area contributed by atoms with Gasteiger partial charge >= 0.3 is 0 Å². The third kappa shape index (κ3) is 1.52. The second-order valence-corrected chi connectivity index (χ2v) is 3.39.